The van der Waals surface area contributed by atoms with Crippen molar-refractivity contribution in [3.8, 4) is 0 Å². The van der Waals surface area contributed by atoms with Gasteiger partial charge in [-0.2, -0.15) is 0 Å². The van der Waals surface area contributed by atoms with Crippen molar-refractivity contribution in [1.82, 2.24) is 10.3 Å². The van der Waals surface area contributed by atoms with Crippen molar-refractivity contribution in [3.63, 3.8) is 0 Å². The molecule has 0 radical (unpaired) electrons. The highest BCUT2D eigenvalue weighted by molar-refractivity contribution is 6.31. The Balaban J connectivity index is 1.88. The molecule has 0 fully saturated rings. The molecule has 1 aromatic carbocycles. The number of benzene rings is 1. The van der Waals surface area contributed by atoms with E-state index in [0.29, 0.717) is 18.0 Å². The van der Waals surface area contributed by atoms with Gasteiger partial charge in [0.2, 0.25) is 5.91 Å². The second-order valence-electron chi connectivity index (χ2n) is 3.90. The largest absolute Gasteiger partial charge is 0.352 e. The third-order valence-electron chi connectivity index (χ3n) is 2.55. The van der Waals surface area contributed by atoms with E-state index in [9.17, 15) is 4.79 Å². The molecular formula is C14H13ClN2O. The SMILES string of the molecule is O=C(Cc1ccccc1Cl)NCc1ccncc1. The lowest BCUT2D eigenvalue weighted by Gasteiger charge is -2.06. The van der Waals surface area contributed by atoms with Gasteiger partial charge >= 0.3 is 0 Å². The van der Waals surface area contributed by atoms with Crippen molar-refractivity contribution in [2.75, 3.05) is 0 Å². The number of hydrogen-bond acceptors (Lipinski definition) is 2. The normalized spacial score (nSPS) is 10.1. The van der Waals surface area contributed by atoms with Gasteiger partial charge in [-0.15, -0.1) is 0 Å². The van der Waals surface area contributed by atoms with Crippen LogP contribution in [0.3, 0.4) is 0 Å². The van der Waals surface area contributed by atoms with Gasteiger partial charge in [0.25, 0.3) is 0 Å². The highest BCUT2D eigenvalue weighted by Gasteiger charge is 2.05. The van der Waals surface area contributed by atoms with E-state index in [1.807, 2.05) is 30.3 Å². The van der Waals surface area contributed by atoms with Crippen LogP contribution in [-0.2, 0) is 17.8 Å². The molecule has 3 nitrogen and oxygen atoms in total. The first-order valence-corrected chi connectivity index (χ1v) is 6.02. The summed E-state index contributed by atoms with van der Waals surface area (Å²) in [7, 11) is 0. The topological polar surface area (TPSA) is 42.0 Å². The minimum absolute atomic E-state index is 0.0417. The van der Waals surface area contributed by atoms with Crippen LogP contribution in [0.4, 0.5) is 0 Å². The lowest BCUT2D eigenvalue weighted by atomic mass is 10.1. The highest BCUT2D eigenvalue weighted by atomic mass is 35.5. The Hall–Kier alpha value is -1.87. The number of pyridine rings is 1. The summed E-state index contributed by atoms with van der Waals surface area (Å²) in [6, 6.07) is 11.1. The Morgan fingerprint density at radius 1 is 1.17 bits per heavy atom. The summed E-state index contributed by atoms with van der Waals surface area (Å²) in [5.74, 6) is -0.0417. The van der Waals surface area contributed by atoms with Gasteiger partial charge in [-0.05, 0) is 29.3 Å². The molecule has 92 valence electrons. The van der Waals surface area contributed by atoms with Crippen LogP contribution < -0.4 is 5.32 Å². The van der Waals surface area contributed by atoms with Gasteiger partial charge in [-0.3, -0.25) is 9.78 Å². The van der Waals surface area contributed by atoms with Crippen LogP contribution >= 0.6 is 11.6 Å². The zero-order chi connectivity index (χ0) is 12.8. The average molecular weight is 261 g/mol. The summed E-state index contributed by atoms with van der Waals surface area (Å²) < 4.78 is 0. The summed E-state index contributed by atoms with van der Waals surface area (Å²) in [4.78, 5) is 15.7. The standard InChI is InChI=1S/C14H13ClN2O/c15-13-4-2-1-3-12(13)9-14(18)17-10-11-5-7-16-8-6-11/h1-8H,9-10H2,(H,17,18). The molecule has 0 spiro atoms. The Morgan fingerprint density at radius 2 is 1.89 bits per heavy atom. The predicted octanol–water partition coefficient (Wildman–Crippen LogP) is 2.59. The van der Waals surface area contributed by atoms with Crippen molar-refractivity contribution in [2.45, 2.75) is 13.0 Å². The summed E-state index contributed by atoms with van der Waals surface area (Å²) in [5.41, 5.74) is 1.86. The lowest BCUT2D eigenvalue weighted by Crippen LogP contribution is -2.24. The molecular weight excluding hydrogens is 248 g/mol. The Kier molecular flexibility index (Phi) is 4.31. The number of carbonyl (C=O) groups is 1. The Labute approximate surface area is 111 Å². The van der Waals surface area contributed by atoms with Gasteiger partial charge in [0.05, 0.1) is 6.42 Å². The van der Waals surface area contributed by atoms with E-state index in [-0.39, 0.29) is 5.91 Å². The van der Waals surface area contributed by atoms with Crippen LogP contribution in [0.1, 0.15) is 11.1 Å². The molecule has 1 N–H and O–H groups in total. The molecule has 0 atom stereocenters. The van der Waals surface area contributed by atoms with Gasteiger partial charge in [-0.1, -0.05) is 29.8 Å². The van der Waals surface area contributed by atoms with E-state index >= 15 is 0 Å². The first kappa shape index (κ1) is 12.6. The Bertz CT molecular complexity index is 528. The zero-order valence-electron chi connectivity index (χ0n) is 9.77. The maximum atomic E-state index is 11.8. The fraction of sp³-hybridized carbons (Fsp3) is 0.143. The van der Waals surface area contributed by atoms with Crippen molar-refractivity contribution in [3.05, 3.63) is 64.9 Å². The van der Waals surface area contributed by atoms with Crippen LogP contribution in [0.5, 0.6) is 0 Å². The molecule has 0 unspecified atom stereocenters. The van der Waals surface area contributed by atoms with E-state index in [4.69, 9.17) is 11.6 Å². The summed E-state index contributed by atoms with van der Waals surface area (Å²) in [6.45, 7) is 0.506. The summed E-state index contributed by atoms with van der Waals surface area (Å²) in [5, 5.41) is 3.47. The summed E-state index contributed by atoms with van der Waals surface area (Å²) >= 11 is 6.00. The van der Waals surface area contributed by atoms with Gasteiger partial charge in [0, 0.05) is 24.0 Å². The number of halogens is 1. The van der Waals surface area contributed by atoms with E-state index in [1.54, 1.807) is 18.5 Å². The molecule has 0 saturated carbocycles. The van der Waals surface area contributed by atoms with Crippen LogP contribution in [-0.4, -0.2) is 10.9 Å². The molecule has 0 aliphatic heterocycles. The van der Waals surface area contributed by atoms with Crippen LogP contribution in [0.25, 0.3) is 0 Å². The lowest BCUT2D eigenvalue weighted by molar-refractivity contribution is -0.120. The minimum atomic E-state index is -0.0417. The maximum absolute atomic E-state index is 11.8. The van der Waals surface area contributed by atoms with Gasteiger partial charge in [0.1, 0.15) is 0 Å². The molecule has 2 aromatic rings. The third-order valence-corrected chi connectivity index (χ3v) is 2.92. The summed E-state index contributed by atoms with van der Waals surface area (Å²) in [6.07, 6.45) is 3.70. The fourth-order valence-electron chi connectivity index (χ4n) is 1.58. The van der Waals surface area contributed by atoms with Crippen LogP contribution in [0, 0.1) is 0 Å². The predicted molar refractivity (Wildman–Crippen MR) is 71.2 cm³/mol. The minimum Gasteiger partial charge on any atom is -0.352 e. The number of hydrogen-bond donors (Lipinski definition) is 1. The average Bonchev–Trinajstić information content (AvgIpc) is 2.40. The third kappa shape index (κ3) is 3.57. The van der Waals surface area contributed by atoms with Crippen molar-refractivity contribution < 1.29 is 4.79 Å². The van der Waals surface area contributed by atoms with Crippen LogP contribution in [0.2, 0.25) is 5.02 Å². The van der Waals surface area contributed by atoms with Crippen molar-refractivity contribution in [1.29, 1.82) is 0 Å². The number of nitrogens with one attached hydrogen (secondary N) is 1. The first-order valence-electron chi connectivity index (χ1n) is 5.65. The fourth-order valence-corrected chi connectivity index (χ4v) is 1.78. The molecule has 1 heterocycles. The molecule has 0 aliphatic rings. The van der Waals surface area contributed by atoms with E-state index in [1.165, 1.54) is 0 Å². The maximum Gasteiger partial charge on any atom is 0.224 e. The zero-order valence-corrected chi connectivity index (χ0v) is 10.5. The van der Waals surface area contributed by atoms with Gasteiger partial charge < -0.3 is 5.32 Å². The molecule has 1 aromatic heterocycles. The highest BCUT2D eigenvalue weighted by Crippen LogP contribution is 2.15. The molecule has 18 heavy (non-hydrogen) atoms. The van der Waals surface area contributed by atoms with Gasteiger partial charge in [0.15, 0.2) is 0 Å². The van der Waals surface area contributed by atoms with Gasteiger partial charge in [-0.25, -0.2) is 0 Å². The molecule has 1 amide bonds. The Morgan fingerprint density at radius 3 is 2.61 bits per heavy atom. The molecule has 2 rings (SSSR count). The number of carbonyl (C=O) groups excluding carboxylic acids is 1. The second kappa shape index (κ2) is 6.17. The quantitative estimate of drug-likeness (QED) is 0.918. The molecule has 4 heteroatoms. The monoisotopic (exact) mass is 260 g/mol. The number of rotatable bonds is 4. The molecule has 0 aliphatic carbocycles. The van der Waals surface area contributed by atoms with Crippen molar-refractivity contribution >= 4 is 17.5 Å². The number of amides is 1. The second-order valence-corrected chi connectivity index (χ2v) is 4.31. The molecule has 0 bridgehead atoms. The number of aromatic nitrogens is 1. The van der Waals surface area contributed by atoms with E-state index in [0.717, 1.165) is 11.1 Å². The van der Waals surface area contributed by atoms with E-state index in [2.05, 4.69) is 10.3 Å². The van der Waals surface area contributed by atoms with Crippen molar-refractivity contribution in [2.24, 2.45) is 0 Å². The first-order chi connectivity index (χ1) is 8.75. The van der Waals surface area contributed by atoms with Crippen LogP contribution in [0.15, 0.2) is 48.8 Å². The number of nitrogens with zero attached hydrogens (tertiary/aromatic N) is 1. The molecule has 0 saturated heterocycles. The smallest absolute Gasteiger partial charge is 0.224 e. The van der Waals surface area contributed by atoms with E-state index < -0.39 is 0 Å².